The summed E-state index contributed by atoms with van der Waals surface area (Å²) in [5.74, 6) is 0. The van der Waals surface area contributed by atoms with Crippen LogP contribution in [0.25, 0.3) is 10.8 Å². The van der Waals surface area contributed by atoms with E-state index >= 15 is 0 Å². The van der Waals surface area contributed by atoms with Crippen LogP contribution < -0.4 is 5.43 Å². The van der Waals surface area contributed by atoms with E-state index < -0.39 is 0 Å². The third kappa shape index (κ3) is 2.52. The highest BCUT2D eigenvalue weighted by atomic mass is 15.5. The van der Waals surface area contributed by atoms with Crippen LogP contribution in [0.2, 0.25) is 0 Å². The lowest BCUT2D eigenvalue weighted by Gasteiger charge is -2.27. The molecular formula is C15H19N3. The molecule has 1 aliphatic heterocycles. The van der Waals surface area contributed by atoms with Gasteiger partial charge in [-0.25, -0.2) is 5.01 Å². The topological polar surface area (TPSA) is 28.2 Å². The van der Waals surface area contributed by atoms with Crippen molar-refractivity contribution in [3.05, 3.63) is 42.2 Å². The number of nitrogens with one attached hydrogen (secondary N) is 1. The lowest BCUT2D eigenvalue weighted by Crippen LogP contribution is -2.41. The summed E-state index contributed by atoms with van der Waals surface area (Å²) in [6.45, 7) is 3.25. The first-order valence-corrected chi connectivity index (χ1v) is 6.73. The largest absolute Gasteiger partial charge is 0.264 e. The highest BCUT2D eigenvalue weighted by Crippen LogP contribution is 2.17. The van der Waals surface area contributed by atoms with Gasteiger partial charge in [0.25, 0.3) is 0 Å². The van der Waals surface area contributed by atoms with Gasteiger partial charge in [0.15, 0.2) is 0 Å². The van der Waals surface area contributed by atoms with Crippen molar-refractivity contribution in [2.45, 2.75) is 25.8 Å². The summed E-state index contributed by atoms with van der Waals surface area (Å²) in [6.07, 6.45) is 7.80. The Morgan fingerprint density at radius 1 is 1.11 bits per heavy atom. The second-order valence-electron chi connectivity index (χ2n) is 4.90. The summed E-state index contributed by atoms with van der Waals surface area (Å²) in [4.78, 5) is 4.17. The molecule has 0 saturated carbocycles. The Kier molecular flexibility index (Phi) is 3.53. The minimum atomic E-state index is 0.904. The molecule has 3 nitrogen and oxygen atoms in total. The number of pyridine rings is 1. The Bertz CT molecular complexity index is 513. The molecule has 0 spiro atoms. The molecule has 1 aromatic carbocycles. The molecule has 0 bridgehead atoms. The molecule has 3 rings (SSSR count). The quantitative estimate of drug-likeness (QED) is 0.895. The zero-order valence-corrected chi connectivity index (χ0v) is 10.6. The van der Waals surface area contributed by atoms with Gasteiger partial charge in [-0.15, -0.1) is 0 Å². The van der Waals surface area contributed by atoms with Crippen LogP contribution >= 0.6 is 0 Å². The summed E-state index contributed by atoms with van der Waals surface area (Å²) in [6, 6.07) is 8.52. The van der Waals surface area contributed by atoms with Gasteiger partial charge in [-0.3, -0.25) is 10.4 Å². The van der Waals surface area contributed by atoms with Crippen LogP contribution in [0.15, 0.2) is 36.7 Å². The number of hydrazine groups is 1. The third-order valence-electron chi connectivity index (χ3n) is 3.62. The van der Waals surface area contributed by atoms with Gasteiger partial charge in [-0.2, -0.15) is 0 Å². The van der Waals surface area contributed by atoms with E-state index in [2.05, 4.69) is 39.7 Å². The molecule has 1 N–H and O–H groups in total. The van der Waals surface area contributed by atoms with Crippen molar-refractivity contribution in [3.63, 3.8) is 0 Å². The maximum absolute atomic E-state index is 4.17. The number of hydrogen-bond donors (Lipinski definition) is 1. The smallest absolute Gasteiger partial charge is 0.0359 e. The van der Waals surface area contributed by atoms with E-state index in [0.29, 0.717) is 0 Å². The molecule has 2 heterocycles. The molecule has 0 aliphatic carbocycles. The van der Waals surface area contributed by atoms with Crippen LogP contribution in [0.5, 0.6) is 0 Å². The first kappa shape index (κ1) is 11.6. The van der Waals surface area contributed by atoms with Crippen molar-refractivity contribution in [1.29, 1.82) is 0 Å². The lowest BCUT2D eigenvalue weighted by molar-refractivity contribution is 0.151. The molecule has 1 aromatic heterocycles. The minimum absolute atomic E-state index is 0.904. The van der Waals surface area contributed by atoms with Gasteiger partial charge in [0.2, 0.25) is 0 Å². The zero-order valence-electron chi connectivity index (χ0n) is 10.6. The summed E-state index contributed by atoms with van der Waals surface area (Å²) in [7, 11) is 0. The van der Waals surface area contributed by atoms with Gasteiger partial charge in [0, 0.05) is 37.4 Å². The van der Waals surface area contributed by atoms with Crippen LogP contribution in [0, 0.1) is 0 Å². The van der Waals surface area contributed by atoms with Gasteiger partial charge >= 0.3 is 0 Å². The molecule has 0 amide bonds. The molecule has 0 radical (unpaired) electrons. The van der Waals surface area contributed by atoms with Crippen LogP contribution in [0.3, 0.4) is 0 Å². The van der Waals surface area contributed by atoms with Crippen LogP contribution in [0.4, 0.5) is 0 Å². The van der Waals surface area contributed by atoms with E-state index in [1.807, 2.05) is 12.4 Å². The standard InChI is InChI=1S/C15H19N3/c1-2-9-18(10-3-1)17-12-14-6-4-5-13-11-16-8-7-15(13)14/h4-8,11,17H,1-3,9-10,12H2. The maximum Gasteiger partial charge on any atom is 0.0359 e. The van der Waals surface area contributed by atoms with Crippen LogP contribution in [-0.4, -0.2) is 23.1 Å². The minimum Gasteiger partial charge on any atom is -0.264 e. The lowest BCUT2D eigenvalue weighted by atomic mass is 10.1. The second-order valence-corrected chi connectivity index (χ2v) is 4.90. The number of fused-ring (bicyclic) bond motifs is 1. The number of rotatable bonds is 3. The predicted molar refractivity (Wildman–Crippen MR) is 74.0 cm³/mol. The Morgan fingerprint density at radius 3 is 2.89 bits per heavy atom. The summed E-state index contributed by atoms with van der Waals surface area (Å²) >= 11 is 0. The number of piperidine rings is 1. The van der Waals surface area contributed by atoms with Crippen molar-refractivity contribution >= 4 is 10.8 Å². The molecule has 1 aliphatic rings. The molecule has 3 heteroatoms. The van der Waals surface area contributed by atoms with Crippen molar-refractivity contribution in [1.82, 2.24) is 15.4 Å². The number of hydrogen-bond acceptors (Lipinski definition) is 3. The Hall–Kier alpha value is -1.45. The molecule has 2 aromatic rings. The Morgan fingerprint density at radius 2 is 2.00 bits per heavy atom. The van der Waals surface area contributed by atoms with E-state index in [4.69, 9.17) is 0 Å². The first-order valence-electron chi connectivity index (χ1n) is 6.73. The third-order valence-corrected chi connectivity index (χ3v) is 3.62. The van der Waals surface area contributed by atoms with E-state index in [1.54, 1.807) is 0 Å². The molecule has 18 heavy (non-hydrogen) atoms. The van der Waals surface area contributed by atoms with Crippen molar-refractivity contribution in [2.75, 3.05) is 13.1 Å². The fourth-order valence-corrected chi connectivity index (χ4v) is 2.59. The molecule has 0 atom stereocenters. The zero-order chi connectivity index (χ0) is 12.2. The summed E-state index contributed by atoms with van der Waals surface area (Å²) in [5.41, 5.74) is 4.89. The van der Waals surface area contributed by atoms with E-state index in [9.17, 15) is 0 Å². The second kappa shape index (κ2) is 5.46. The molecule has 1 fully saturated rings. The molecular weight excluding hydrogens is 222 g/mol. The molecule has 94 valence electrons. The van der Waals surface area contributed by atoms with E-state index in [-0.39, 0.29) is 0 Å². The van der Waals surface area contributed by atoms with Gasteiger partial charge in [-0.05, 0) is 29.9 Å². The van der Waals surface area contributed by atoms with E-state index in [0.717, 1.165) is 6.54 Å². The van der Waals surface area contributed by atoms with Gasteiger partial charge in [0.1, 0.15) is 0 Å². The van der Waals surface area contributed by atoms with Crippen LogP contribution in [-0.2, 0) is 6.54 Å². The SMILES string of the molecule is c1cc(CNN2CCCCC2)c2ccncc2c1. The summed E-state index contributed by atoms with van der Waals surface area (Å²) in [5, 5.41) is 4.87. The van der Waals surface area contributed by atoms with Gasteiger partial charge in [0.05, 0.1) is 0 Å². The fourth-order valence-electron chi connectivity index (χ4n) is 2.59. The van der Waals surface area contributed by atoms with Crippen LogP contribution in [0.1, 0.15) is 24.8 Å². The molecule has 1 saturated heterocycles. The number of aromatic nitrogens is 1. The number of nitrogens with zero attached hydrogens (tertiary/aromatic N) is 2. The molecule has 0 unspecified atom stereocenters. The van der Waals surface area contributed by atoms with E-state index in [1.165, 1.54) is 48.7 Å². The monoisotopic (exact) mass is 241 g/mol. The van der Waals surface area contributed by atoms with Crippen molar-refractivity contribution in [2.24, 2.45) is 0 Å². The van der Waals surface area contributed by atoms with Crippen molar-refractivity contribution in [3.8, 4) is 0 Å². The Labute approximate surface area is 108 Å². The maximum atomic E-state index is 4.17. The predicted octanol–water partition coefficient (Wildman–Crippen LogP) is 2.73. The Balaban J connectivity index is 1.74. The summed E-state index contributed by atoms with van der Waals surface area (Å²) < 4.78 is 0. The average molecular weight is 241 g/mol. The highest BCUT2D eigenvalue weighted by Gasteiger charge is 2.09. The highest BCUT2D eigenvalue weighted by molar-refractivity contribution is 5.84. The van der Waals surface area contributed by atoms with Crippen molar-refractivity contribution < 1.29 is 0 Å². The fraction of sp³-hybridized carbons (Fsp3) is 0.400. The normalized spacial score (nSPS) is 17.1. The van der Waals surface area contributed by atoms with Gasteiger partial charge in [-0.1, -0.05) is 24.6 Å². The van der Waals surface area contributed by atoms with Gasteiger partial charge < -0.3 is 0 Å². The average Bonchev–Trinajstić information content (AvgIpc) is 2.46. The first-order chi connectivity index (χ1) is 8.93. The number of benzene rings is 1.